The maximum Gasteiger partial charge on any atom is 0.317 e. The van der Waals surface area contributed by atoms with Gasteiger partial charge in [-0.05, 0) is 38.0 Å². The predicted molar refractivity (Wildman–Crippen MR) is 72.4 cm³/mol. The summed E-state index contributed by atoms with van der Waals surface area (Å²) in [6, 6.07) is 4.31. The molecule has 2 amide bonds. The van der Waals surface area contributed by atoms with Crippen LogP contribution in [0.4, 0.5) is 9.18 Å². The molecule has 106 valence electrons. The lowest BCUT2D eigenvalue weighted by molar-refractivity contribution is 0.142. The summed E-state index contributed by atoms with van der Waals surface area (Å²) in [5.74, 6) is -0.282. The third-order valence-electron chi connectivity index (χ3n) is 2.92. The highest BCUT2D eigenvalue weighted by Crippen LogP contribution is 2.16. The largest absolute Gasteiger partial charge is 0.392 e. The van der Waals surface area contributed by atoms with E-state index >= 15 is 0 Å². The number of hydrogen-bond donors (Lipinski definition) is 2. The van der Waals surface area contributed by atoms with Crippen molar-refractivity contribution in [3.8, 4) is 0 Å². The van der Waals surface area contributed by atoms with Crippen molar-refractivity contribution >= 4 is 6.03 Å². The van der Waals surface area contributed by atoms with Crippen molar-refractivity contribution in [1.29, 1.82) is 0 Å². The summed E-state index contributed by atoms with van der Waals surface area (Å²) < 4.78 is 13.5. The molecular formula is C14H21FN2O2. The number of nitrogens with one attached hydrogen (secondary N) is 1. The molecule has 0 aliphatic rings. The molecule has 2 atom stereocenters. The van der Waals surface area contributed by atoms with Crippen LogP contribution >= 0.6 is 0 Å². The van der Waals surface area contributed by atoms with Crippen LogP contribution in [0.1, 0.15) is 31.0 Å². The number of urea groups is 1. The average molecular weight is 268 g/mol. The minimum atomic E-state index is -0.581. The van der Waals surface area contributed by atoms with Crippen LogP contribution in [0.3, 0.4) is 0 Å². The Morgan fingerprint density at radius 1 is 1.47 bits per heavy atom. The summed E-state index contributed by atoms with van der Waals surface area (Å²) in [6.07, 6.45) is -0.581. The van der Waals surface area contributed by atoms with E-state index in [0.717, 1.165) is 0 Å². The van der Waals surface area contributed by atoms with E-state index in [-0.39, 0.29) is 24.4 Å². The van der Waals surface area contributed by atoms with Crippen molar-refractivity contribution in [2.75, 3.05) is 13.6 Å². The molecule has 0 saturated heterocycles. The third kappa shape index (κ3) is 4.52. The van der Waals surface area contributed by atoms with Crippen LogP contribution in [-0.2, 0) is 0 Å². The molecule has 1 aromatic carbocycles. The van der Waals surface area contributed by atoms with Gasteiger partial charge in [0.15, 0.2) is 0 Å². The van der Waals surface area contributed by atoms with E-state index < -0.39 is 6.10 Å². The Morgan fingerprint density at radius 3 is 2.63 bits per heavy atom. The molecule has 5 heteroatoms. The standard InChI is InChI=1S/C14H21FN2O2/c1-9-5-6-12(7-13(9)15)11(3)16-14(19)17(4)8-10(2)18/h5-7,10-11,18H,8H2,1-4H3,(H,16,19). The minimum absolute atomic E-state index is 0.251. The number of carbonyl (C=O) groups is 1. The number of aliphatic hydroxyl groups is 1. The molecule has 0 bridgehead atoms. The van der Waals surface area contributed by atoms with E-state index in [1.165, 1.54) is 11.0 Å². The molecule has 0 aromatic heterocycles. The molecule has 0 radical (unpaired) electrons. The first-order valence-electron chi connectivity index (χ1n) is 6.27. The first-order valence-corrected chi connectivity index (χ1v) is 6.27. The second kappa shape index (κ2) is 6.52. The van der Waals surface area contributed by atoms with Crippen LogP contribution < -0.4 is 5.32 Å². The molecule has 19 heavy (non-hydrogen) atoms. The third-order valence-corrected chi connectivity index (χ3v) is 2.92. The molecule has 0 spiro atoms. The summed E-state index contributed by atoms with van der Waals surface area (Å²) in [4.78, 5) is 13.2. The molecule has 0 aliphatic heterocycles. The smallest absolute Gasteiger partial charge is 0.317 e. The lowest BCUT2D eigenvalue weighted by Crippen LogP contribution is -2.41. The molecule has 2 N–H and O–H groups in total. The van der Waals surface area contributed by atoms with Gasteiger partial charge in [-0.15, -0.1) is 0 Å². The topological polar surface area (TPSA) is 52.6 Å². The summed E-state index contributed by atoms with van der Waals surface area (Å²) in [6.45, 7) is 5.35. The number of halogens is 1. The summed E-state index contributed by atoms with van der Waals surface area (Å²) in [7, 11) is 1.60. The summed E-state index contributed by atoms with van der Waals surface area (Å²) in [5, 5.41) is 12.0. The fourth-order valence-electron chi connectivity index (χ4n) is 1.74. The van der Waals surface area contributed by atoms with E-state index in [2.05, 4.69) is 5.32 Å². The Balaban J connectivity index is 2.66. The fraction of sp³-hybridized carbons (Fsp3) is 0.500. The van der Waals surface area contributed by atoms with Gasteiger partial charge in [0.1, 0.15) is 5.82 Å². The van der Waals surface area contributed by atoms with Gasteiger partial charge in [0.25, 0.3) is 0 Å². The average Bonchev–Trinajstić information content (AvgIpc) is 2.31. The number of likely N-dealkylation sites (N-methyl/N-ethyl adjacent to an activating group) is 1. The second-order valence-electron chi connectivity index (χ2n) is 4.91. The van der Waals surface area contributed by atoms with E-state index in [1.807, 2.05) is 0 Å². The number of amides is 2. The second-order valence-corrected chi connectivity index (χ2v) is 4.91. The minimum Gasteiger partial charge on any atom is -0.392 e. The Bertz CT molecular complexity index is 449. The number of aliphatic hydroxyl groups excluding tert-OH is 1. The predicted octanol–water partition coefficient (Wildman–Crippen LogP) is 2.22. The van der Waals surface area contributed by atoms with Gasteiger partial charge in [-0.2, -0.15) is 0 Å². The maximum atomic E-state index is 13.5. The molecule has 0 aliphatic carbocycles. The Kier molecular flexibility index (Phi) is 5.30. The van der Waals surface area contributed by atoms with Crippen molar-refractivity contribution in [2.45, 2.75) is 32.9 Å². The highest BCUT2D eigenvalue weighted by atomic mass is 19.1. The molecule has 4 nitrogen and oxygen atoms in total. The van der Waals surface area contributed by atoms with Gasteiger partial charge < -0.3 is 15.3 Å². The van der Waals surface area contributed by atoms with Crippen molar-refractivity contribution in [1.82, 2.24) is 10.2 Å². The van der Waals surface area contributed by atoms with Gasteiger partial charge in [-0.1, -0.05) is 12.1 Å². The van der Waals surface area contributed by atoms with E-state index in [1.54, 1.807) is 40.0 Å². The Labute approximate surface area is 113 Å². The number of rotatable bonds is 4. The lowest BCUT2D eigenvalue weighted by atomic mass is 10.1. The Hall–Kier alpha value is -1.62. The summed E-state index contributed by atoms with van der Waals surface area (Å²) >= 11 is 0. The van der Waals surface area contributed by atoms with Crippen molar-refractivity contribution < 1.29 is 14.3 Å². The zero-order chi connectivity index (χ0) is 14.6. The monoisotopic (exact) mass is 268 g/mol. The van der Waals surface area contributed by atoms with Gasteiger partial charge in [0.2, 0.25) is 0 Å². The van der Waals surface area contributed by atoms with E-state index in [9.17, 15) is 14.3 Å². The molecule has 0 fully saturated rings. The van der Waals surface area contributed by atoms with Crippen LogP contribution in [-0.4, -0.2) is 35.7 Å². The quantitative estimate of drug-likeness (QED) is 0.879. The van der Waals surface area contributed by atoms with Crippen LogP contribution in [0.25, 0.3) is 0 Å². The summed E-state index contributed by atoms with van der Waals surface area (Å²) in [5.41, 5.74) is 1.29. The van der Waals surface area contributed by atoms with Gasteiger partial charge >= 0.3 is 6.03 Å². The molecule has 1 rings (SSSR count). The highest BCUT2D eigenvalue weighted by Gasteiger charge is 2.15. The molecule has 0 heterocycles. The number of nitrogens with zero attached hydrogens (tertiary/aromatic N) is 1. The van der Waals surface area contributed by atoms with Crippen molar-refractivity contribution in [3.63, 3.8) is 0 Å². The van der Waals surface area contributed by atoms with Crippen molar-refractivity contribution in [2.24, 2.45) is 0 Å². The van der Waals surface area contributed by atoms with Crippen LogP contribution in [0.2, 0.25) is 0 Å². The Morgan fingerprint density at radius 2 is 2.11 bits per heavy atom. The molecule has 0 saturated carbocycles. The van der Waals surface area contributed by atoms with Gasteiger partial charge in [-0.3, -0.25) is 0 Å². The molecule has 1 aromatic rings. The highest BCUT2D eigenvalue weighted by molar-refractivity contribution is 5.74. The maximum absolute atomic E-state index is 13.5. The zero-order valence-electron chi connectivity index (χ0n) is 11.8. The van der Waals surface area contributed by atoms with E-state index in [4.69, 9.17) is 0 Å². The van der Waals surface area contributed by atoms with Gasteiger partial charge in [0.05, 0.1) is 12.1 Å². The van der Waals surface area contributed by atoms with Crippen molar-refractivity contribution in [3.05, 3.63) is 35.1 Å². The number of benzene rings is 1. The normalized spacial score (nSPS) is 13.8. The van der Waals surface area contributed by atoms with Crippen LogP contribution in [0.15, 0.2) is 18.2 Å². The van der Waals surface area contributed by atoms with Gasteiger partial charge in [0, 0.05) is 13.6 Å². The zero-order valence-corrected chi connectivity index (χ0v) is 11.8. The fourth-order valence-corrected chi connectivity index (χ4v) is 1.74. The number of aryl methyl sites for hydroxylation is 1. The molecule has 2 unspecified atom stereocenters. The first kappa shape index (κ1) is 15.4. The van der Waals surface area contributed by atoms with Crippen LogP contribution in [0.5, 0.6) is 0 Å². The SMILES string of the molecule is Cc1ccc(C(C)NC(=O)N(C)CC(C)O)cc1F. The van der Waals surface area contributed by atoms with E-state index in [0.29, 0.717) is 11.1 Å². The van der Waals surface area contributed by atoms with Crippen LogP contribution in [0, 0.1) is 12.7 Å². The van der Waals surface area contributed by atoms with Gasteiger partial charge in [-0.25, -0.2) is 9.18 Å². The first-order chi connectivity index (χ1) is 8.81. The number of hydrogen-bond acceptors (Lipinski definition) is 2. The lowest BCUT2D eigenvalue weighted by Gasteiger charge is -2.22. The number of carbonyl (C=O) groups excluding carboxylic acids is 1. The molecular weight excluding hydrogens is 247 g/mol.